The number of likely N-dealkylation sites (N-methyl/N-ethyl adjacent to an activating group) is 1. The summed E-state index contributed by atoms with van der Waals surface area (Å²) in [4.78, 5) is 14.4. The number of likely N-dealkylation sites (tertiary alicyclic amines) is 1. The Morgan fingerprint density at radius 1 is 1.38 bits per heavy atom. The van der Waals surface area contributed by atoms with E-state index in [-0.39, 0.29) is 29.4 Å². The van der Waals surface area contributed by atoms with E-state index in [0.717, 1.165) is 43.4 Å². The van der Waals surface area contributed by atoms with Crippen molar-refractivity contribution < 1.29 is 19.7 Å². The van der Waals surface area contributed by atoms with E-state index >= 15 is 0 Å². The molecule has 10 heteroatoms. The van der Waals surface area contributed by atoms with Gasteiger partial charge in [0.1, 0.15) is 12.0 Å². The number of aliphatic hydroxyl groups is 1. The smallest absolute Gasteiger partial charge is 0.252 e. The van der Waals surface area contributed by atoms with Crippen molar-refractivity contribution in [3.63, 3.8) is 0 Å². The van der Waals surface area contributed by atoms with Crippen LogP contribution in [0.4, 0.5) is 0 Å². The van der Waals surface area contributed by atoms with Gasteiger partial charge in [-0.05, 0) is 70.2 Å². The summed E-state index contributed by atoms with van der Waals surface area (Å²) in [6.45, 7) is 1.38. The number of amides is 1. The second kappa shape index (κ2) is 9.33. The van der Waals surface area contributed by atoms with E-state index in [2.05, 4.69) is 22.6 Å². The summed E-state index contributed by atoms with van der Waals surface area (Å²) in [7, 11) is 3.88. The number of carbonyl (C=O) groups excluding carboxylic acids is 1. The number of ether oxygens (including phenoxy) is 1. The highest BCUT2D eigenvalue weighted by Gasteiger charge is 2.66. The lowest BCUT2D eigenvalue weighted by Crippen LogP contribution is -2.74. The Hall–Kier alpha value is -2.40. The molecule has 5 atom stereocenters. The van der Waals surface area contributed by atoms with Crippen molar-refractivity contribution in [1.82, 2.24) is 15.5 Å². The lowest BCUT2D eigenvalue weighted by molar-refractivity contribution is -0.186. The largest absolute Gasteiger partial charge is 0.507 e. The minimum atomic E-state index is -0.694. The highest BCUT2D eigenvalue weighted by Crippen LogP contribution is 2.61. The number of nitrogens with one attached hydrogen (secondary N) is 3. The summed E-state index contributed by atoms with van der Waals surface area (Å²) >= 11 is 0. The zero-order valence-electron chi connectivity index (χ0n) is 20.1. The molecule has 3 aliphatic rings. The first-order valence-electron chi connectivity index (χ1n) is 12.1. The summed E-state index contributed by atoms with van der Waals surface area (Å²) in [6.07, 6.45) is 4.29. The van der Waals surface area contributed by atoms with Crippen LogP contribution in [0.15, 0.2) is 12.1 Å². The molecule has 1 aromatic rings. The molecule has 1 amide bonds. The Kier molecular flexibility index (Phi) is 6.78. The quantitative estimate of drug-likeness (QED) is 0.120. The number of phenols is 1. The molecule has 1 saturated heterocycles. The number of primary amides is 1. The molecule has 188 valence electrons. The molecule has 1 unspecified atom stereocenters. The Morgan fingerprint density at radius 3 is 2.82 bits per heavy atom. The van der Waals surface area contributed by atoms with E-state index in [1.807, 2.05) is 6.07 Å². The third-order valence-corrected chi connectivity index (χ3v) is 8.41. The predicted octanol–water partition coefficient (Wildman–Crippen LogP) is 0.0981. The molecule has 4 rings (SSSR count). The van der Waals surface area contributed by atoms with Crippen molar-refractivity contribution in [3.8, 4) is 5.75 Å². The van der Waals surface area contributed by atoms with Gasteiger partial charge >= 0.3 is 0 Å². The van der Waals surface area contributed by atoms with Crippen LogP contribution in [0.5, 0.6) is 5.75 Å². The van der Waals surface area contributed by atoms with Crippen molar-refractivity contribution in [2.75, 3.05) is 27.2 Å². The fourth-order valence-electron chi connectivity index (χ4n) is 6.95. The highest BCUT2D eigenvalue weighted by atomic mass is 16.5. The number of benzene rings is 1. The Bertz CT molecular complexity index is 958. The van der Waals surface area contributed by atoms with Gasteiger partial charge in [0.15, 0.2) is 5.96 Å². The number of hydrogen-bond donors (Lipinski definition) is 7. The minimum absolute atomic E-state index is 0.0191. The number of fused-ring (bicyclic) bond motifs is 1. The summed E-state index contributed by atoms with van der Waals surface area (Å²) in [5, 5.41) is 35.3. The van der Waals surface area contributed by atoms with Crippen molar-refractivity contribution in [2.24, 2.45) is 11.5 Å². The average molecular weight is 475 g/mol. The number of aromatic hydroxyl groups is 1. The SMILES string of the molecule is CO[C@@]12CC[C@@H](NC(O)CCCNC(=N)N)C[C@@]13CCN(C)[C@@H]2Cc1ccc(C(N)=O)c(O)c13. The first-order chi connectivity index (χ1) is 16.1. The molecular formula is C24H38N6O4. The van der Waals surface area contributed by atoms with E-state index in [1.165, 1.54) is 0 Å². The van der Waals surface area contributed by atoms with Gasteiger partial charge in [0.05, 0.1) is 11.2 Å². The lowest BCUT2D eigenvalue weighted by Gasteiger charge is -2.66. The fourth-order valence-corrected chi connectivity index (χ4v) is 6.95. The number of rotatable bonds is 8. The Morgan fingerprint density at radius 2 is 2.15 bits per heavy atom. The van der Waals surface area contributed by atoms with Crippen LogP contribution in [-0.2, 0) is 16.6 Å². The van der Waals surface area contributed by atoms with Crippen LogP contribution in [0.25, 0.3) is 0 Å². The fraction of sp³-hybridized carbons (Fsp3) is 0.667. The number of guanidine groups is 1. The second-order valence-corrected chi connectivity index (χ2v) is 10.1. The molecule has 2 aliphatic carbocycles. The van der Waals surface area contributed by atoms with Gasteiger partial charge in [-0.2, -0.15) is 0 Å². The molecular weight excluding hydrogens is 436 g/mol. The maximum atomic E-state index is 12.1. The standard InChI is InChI=1S/C24H38N6O4/c1-30-11-9-23-13-15(29-18(31)4-3-10-28-22(26)27)7-8-24(23,34-2)17(30)12-14-5-6-16(21(25)33)20(32)19(14)23/h5-6,15,17-18,29,31-32H,3-4,7-13H2,1-2H3,(H2,25,33)(H4,26,27,28)/t15-,17-,18?,23-,24-/m1/s1. The molecule has 1 aromatic carbocycles. The number of carbonyl (C=O) groups is 1. The van der Waals surface area contributed by atoms with Crippen LogP contribution in [-0.4, -0.2) is 78.1 Å². The molecule has 1 heterocycles. The molecule has 1 saturated carbocycles. The molecule has 10 nitrogen and oxygen atoms in total. The maximum Gasteiger partial charge on any atom is 0.252 e. The van der Waals surface area contributed by atoms with Gasteiger partial charge in [-0.15, -0.1) is 0 Å². The van der Waals surface area contributed by atoms with Crippen LogP contribution in [0.3, 0.4) is 0 Å². The topological polar surface area (TPSA) is 170 Å². The van der Waals surface area contributed by atoms with E-state index in [4.69, 9.17) is 21.6 Å². The summed E-state index contributed by atoms with van der Waals surface area (Å²) < 4.78 is 6.38. The molecule has 9 N–H and O–H groups in total. The number of aliphatic hydroxyl groups excluding tert-OH is 1. The number of methoxy groups -OCH3 is 1. The van der Waals surface area contributed by atoms with Gasteiger partial charge in [-0.25, -0.2) is 0 Å². The van der Waals surface area contributed by atoms with Crippen molar-refractivity contribution in [2.45, 2.75) is 74.3 Å². The van der Waals surface area contributed by atoms with Crippen LogP contribution >= 0.6 is 0 Å². The first kappa shape index (κ1) is 24.7. The van der Waals surface area contributed by atoms with E-state index in [0.29, 0.717) is 25.8 Å². The molecule has 1 aliphatic heterocycles. The molecule has 34 heavy (non-hydrogen) atoms. The molecule has 0 spiro atoms. The molecule has 2 bridgehead atoms. The zero-order chi connectivity index (χ0) is 24.7. The second-order valence-electron chi connectivity index (χ2n) is 10.1. The monoisotopic (exact) mass is 474 g/mol. The van der Waals surface area contributed by atoms with Gasteiger partial charge in [-0.3, -0.25) is 15.5 Å². The minimum Gasteiger partial charge on any atom is -0.507 e. The molecule has 2 fully saturated rings. The molecule has 0 aromatic heterocycles. The van der Waals surface area contributed by atoms with Gasteiger partial charge in [-0.1, -0.05) is 6.07 Å². The van der Waals surface area contributed by atoms with Crippen LogP contribution in [0, 0.1) is 5.41 Å². The van der Waals surface area contributed by atoms with Gasteiger partial charge < -0.3 is 36.6 Å². The third kappa shape index (κ3) is 3.92. The normalized spacial score (nSPS) is 31.3. The van der Waals surface area contributed by atoms with Crippen molar-refractivity contribution in [1.29, 1.82) is 5.41 Å². The summed E-state index contributed by atoms with van der Waals surface area (Å²) in [5.74, 6) is -0.742. The Balaban J connectivity index is 1.66. The van der Waals surface area contributed by atoms with Gasteiger partial charge in [0, 0.05) is 36.7 Å². The van der Waals surface area contributed by atoms with Gasteiger partial charge in [0.25, 0.3) is 5.91 Å². The van der Waals surface area contributed by atoms with E-state index in [9.17, 15) is 15.0 Å². The zero-order valence-corrected chi connectivity index (χ0v) is 20.1. The molecule has 0 radical (unpaired) electrons. The average Bonchev–Trinajstić information content (AvgIpc) is 2.78. The maximum absolute atomic E-state index is 12.1. The lowest BCUT2D eigenvalue weighted by atomic mass is 9.48. The van der Waals surface area contributed by atoms with Crippen molar-refractivity contribution in [3.05, 3.63) is 28.8 Å². The highest BCUT2D eigenvalue weighted by molar-refractivity contribution is 5.96. The predicted molar refractivity (Wildman–Crippen MR) is 129 cm³/mol. The Labute approximate surface area is 200 Å². The number of piperidine rings is 1. The van der Waals surface area contributed by atoms with Crippen molar-refractivity contribution >= 4 is 11.9 Å². The number of hydrogen-bond acceptors (Lipinski definition) is 7. The van der Waals surface area contributed by atoms with Crippen LogP contribution < -0.4 is 22.1 Å². The number of nitrogens with zero attached hydrogens (tertiary/aromatic N) is 1. The van der Waals surface area contributed by atoms with Crippen LogP contribution in [0.1, 0.15) is 60.0 Å². The van der Waals surface area contributed by atoms with Crippen LogP contribution in [0.2, 0.25) is 0 Å². The number of nitrogens with two attached hydrogens (primary N) is 2. The first-order valence-corrected chi connectivity index (χ1v) is 12.1. The van der Waals surface area contributed by atoms with Gasteiger partial charge in [0.2, 0.25) is 0 Å². The summed E-state index contributed by atoms with van der Waals surface area (Å²) in [6, 6.07) is 3.73. The van der Waals surface area contributed by atoms with E-state index < -0.39 is 23.2 Å². The van der Waals surface area contributed by atoms with E-state index in [1.54, 1.807) is 13.2 Å². The summed E-state index contributed by atoms with van der Waals surface area (Å²) in [5.41, 5.74) is 11.9. The third-order valence-electron chi connectivity index (χ3n) is 8.41.